The fraction of sp³-hybridized carbons (Fsp3) is 0. The van der Waals surface area contributed by atoms with Crippen LogP contribution in [0.15, 0.2) is 168 Å². The van der Waals surface area contributed by atoms with Crippen molar-refractivity contribution < 1.29 is 4.42 Å². The Labute approximate surface area is 271 Å². The quantitative estimate of drug-likeness (QED) is 0.197. The van der Waals surface area contributed by atoms with Crippen LogP contribution in [0, 0.1) is 0 Å². The fourth-order valence-electron chi connectivity index (χ4n) is 6.51. The zero-order valence-electron chi connectivity index (χ0n) is 25.3. The number of furan rings is 1. The van der Waals surface area contributed by atoms with Crippen molar-refractivity contribution in [3.8, 4) is 56.3 Å². The van der Waals surface area contributed by atoms with E-state index in [9.17, 15) is 0 Å². The number of hydrogen-bond acceptors (Lipinski definition) is 4. The van der Waals surface area contributed by atoms with E-state index in [0.717, 1.165) is 83.2 Å². The summed E-state index contributed by atoms with van der Waals surface area (Å²) in [5, 5.41) is 4.38. The summed E-state index contributed by atoms with van der Waals surface area (Å²) in [7, 11) is 0. The number of rotatable bonds is 5. The Morgan fingerprint density at radius 2 is 1.04 bits per heavy atom. The van der Waals surface area contributed by atoms with Gasteiger partial charge in [-0.25, -0.2) is 9.97 Å². The molecule has 0 radical (unpaired) electrons. The summed E-state index contributed by atoms with van der Waals surface area (Å²) < 4.78 is 6.58. The van der Waals surface area contributed by atoms with Crippen LogP contribution in [0.5, 0.6) is 0 Å². The first kappa shape index (κ1) is 27.0. The summed E-state index contributed by atoms with van der Waals surface area (Å²) in [4.78, 5) is 14.7. The fourth-order valence-corrected chi connectivity index (χ4v) is 6.51. The maximum absolute atomic E-state index is 6.58. The van der Waals surface area contributed by atoms with E-state index in [-0.39, 0.29) is 0 Å². The number of benzene rings is 6. The molecule has 0 saturated heterocycles. The van der Waals surface area contributed by atoms with Crippen LogP contribution in [0.25, 0.3) is 89.0 Å². The van der Waals surface area contributed by atoms with Gasteiger partial charge in [-0.3, -0.25) is 4.98 Å². The molecule has 0 aliphatic carbocycles. The van der Waals surface area contributed by atoms with Crippen LogP contribution in [0.3, 0.4) is 0 Å². The molecule has 0 atom stereocenters. The Kier molecular flexibility index (Phi) is 6.43. The minimum atomic E-state index is 0.705. The summed E-state index contributed by atoms with van der Waals surface area (Å²) in [6.07, 6.45) is 1.85. The van der Waals surface area contributed by atoms with Gasteiger partial charge in [0.2, 0.25) is 0 Å². The van der Waals surface area contributed by atoms with Crippen molar-refractivity contribution in [2.75, 3.05) is 0 Å². The van der Waals surface area contributed by atoms with Crippen LogP contribution in [0.4, 0.5) is 0 Å². The third kappa shape index (κ3) is 4.75. The second-order valence-corrected chi connectivity index (χ2v) is 11.6. The second kappa shape index (κ2) is 11.2. The first-order chi connectivity index (χ1) is 23.3. The third-order valence-electron chi connectivity index (χ3n) is 8.76. The van der Waals surface area contributed by atoms with E-state index in [0.29, 0.717) is 5.82 Å². The topological polar surface area (TPSA) is 51.8 Å². The molecule has 47 heavy (non-hydrogen) atoms. The Morgan fingerprint density at radius 1 is 0.404 bits per heavy atom. The van der Waals surface area contributed by atoms with Crippen LogP contribution in [0.2, 0.25) is 0 Å². The molecule has 220 valence electrons. The highest BCUT2D eigenvalue weighted by Gasteiger charge is 2.18. The molecule has 3 aromatic heterocycles. The smallest absolute Gasteiger partial charge is 0.160 e. The van der Waals surface area contributed by atoms with Gasteiger partial charge in [0.25, 0.3) is 0 Å². The van der Waals surface area contributed by atoms with Gasteiger partial charge >= 0.3 is 0 Å². The molecular weight excluding hydrogens is 574 g/mol. The Hall–Kier alpha value is -6.39. The highest BCUT2D eigenvalue weighted by Crippen LogP contribution is 2.43. The Morgan fingerprint density at radius 3 is 1.77 bits per heavy atom. The molecule has 0 aliphatic heterocycles. The van der Waals surface area contributed by atoms with E-state index < -0.39 is 0 Å². The molecule has 0 N–H and O–H groups in total. The molecule has 9 aromatic rings. The standard InChI is InChI=1S/C43H27N3O/c1-3-12-29(13-4-1)38-27-39(46-43(45-38)31-14-5-2-6-15-31)30-23-21-28(22-24-30)32-18-11-20-40-41(32)36-26-35(37-19-9-10-25-44-37)33-16-7-8-17-34(33)42(36)47-40/h1-27H. The lowest BCUT2D eigenvalue weighted by Gasteiger charge is -2.10. The van der Waals surface area contributed by atoms with Gasteiger partial charge in [-0.1, -0.05) is 127 Å². The van der Waals surface area contributed by atoms with Gasteiger partial charge in [-0.05, 0) is 46.8 Å². The van der Waals surface area contributed by atoms with E-state index in [1.54, 1.807) is 0 Å². The summed E-state index contributed by atoms with van der Waals surface area (Å²) in [5.41, 5.74) is 10.8. The number of fused-ring (bicyclic) bond motifs is 5. The predicted molar refractivity (Wildman–Crippen MR) is 192 cm³/mol. The molecule has 6 aromatic carbocycles. The highest BCUT2D eigenvalue weighted by atomic mass is 16.3. The molecule has 4 heteroatoms. The lowest BCUT2D eigenvalue weighted by Crippen LogP contribution is -1.95. The average Bonchev–Trinajstić information content (AvgIpc) is 3.55. The van der Waals surface area contributed by atoms with Crippen molar-refractivity contribution in [3.63, 3.8) is 0 Å². The zero-order chi connectivity index (χ0) is 31.2. The highest BCUT2D eigenvalue weighted by molar-refractivity contribution is 6.22. The van der Waals surface area contributed by atoms with Gasteiger partial charge in [0.05, 0.1) is 17.1 Å². The lowest BCUT2D eigenvalue weighted by molar-refractivity contribution is 0.673. The van der Waals surface area contributed by atoms with E-state index in [1.807, 2.05) is 54.7 Å². The van der Waals surface area contributed by atoms with E-state index in [4.69, 9.17) is 19.4 Å². The molecule has 0 unspecified atom stereocenters. The molecule has 0 spiro atoms. The van der Waals surface area contributed by atoms with Crippen molar-refractivity contribution in [1.29, 1.82) is 0 Å². The van der Waals surface area contributed by atoms with Gasteiger partial charge in [0, 0.05) is 44.6 Å². The minimum absolute atomic E-state index is 0.705. The summed E-state index contributed by atoms with van der Waals surface area (Å²) in [6, 6.07) is 54.1. The van der Waals surface area contributed by atoms with Crippen LogP contribution < -0.4 is 0 Å². The van der Waals surface area contributed by atoms with Crippen molar-refractivity contribution in [2.24, 2.45) is 0 Å². The maximum Gasteiger partial charge on any atom is 0.160 e. The van der Waals surface area contributed by atoms with E-state index in [1.165, 1.54) is 0 Å². The number of nitrogens with zero attached hydrogens (tertiary/aromatic N) is 3. The summed E-state index contributed by atoms with van der Waals surface area (Å²) >= 11 is 0. The summed E-state index contributed by atoms with van der Waals surface area (Å²) in [6.45, 7) is 0. The van der Waals surface area contributed by atoms with Gasteiger partial charge in [0.1, 0.15) is 11.2 Å². The molecule has 0 bridgehead atoms. The first-order valence-electron chi connectivity index (χ1n) is 15.7. The number of pyridine rings is 1. The lowest BCUT2D eigenvalue weighted by atomic mass is 9.94. The summed E-state index contributed by atoms with van der Waals surface area (Å²) in [5.74, 6) is 0.705. The maximum atomic E-state index is 6.58. The monoisotopic (exact) mass is 601 g/mol. The molecule has 0 amide bonds. The molecule has 0 aliphatic rings. The van der Waals surface area contributed by atoms with Gasteiger partial charge in [-0.2, -0.15) is 0 Å². The molecule has 4 nitrogen and oxygen atoms in total. The van der Waals surface area contributed by atoms with Crippen molar-refractivity contribution in [3.05, 3.63) is 164 Å². The Bertz CT molecular complexity index is 2480. The SMILES string of the molecule is c1ccc(-c2cc(-c3ccc(-c4cccc5oc6c7ccccc7c(-c7ccccn7)cc6c45)cc3)nc(-c3ccccc3)n2)cc1. The minimum Gasteiger partial charge on any atom is -0.455 e. The molecule has 3 heterocycles. The largest absolute Gasteiger partial charge is 0.455 e. The van der Waals surface area contributed by atoms with Crippen LogP contribution in [-0.2, 0) is 0 Å². The zero-order valence-corrected chi connectivity index (χ0v) is 25.3. The van der Waals surface area contributed by atoms with Crippen molar-refractivity contribution in [1.82, 2.24) is 15.0 Å². The molecule has 0 fully saturated rings. The van der Waals surface area contributed by atoms with Crippen LogP contribution in [0.1, 0.15) is 0 Å². The van der Waals surface area contributed by atoms with Crippen LogP contribution >= 0.6 is 0 Å². The number of aromatic nitrogens is 3. The second-order valence-electron chi connectivity index (χ2n) is 11.6. The van der Waals surface area contributed by atoms with E-state index >= 15 is 0 Å². The van der Waals surface area contributed by atoms with Gasteiger partial charge < -0.3 is 4.42 Å². The molecular formula is C43H27N3O. The average molecular weight is 602 g/mol. The Balaban J connectivity index is 1.19. The van der Waals surface area contributed by atoms with Crippen LogP contribution in [-0.4, -0.2) is 15.0 Å². The predicted octanol–water partition coefficient (Wildman–Crippen LogP) is 11.3. The van der Waals surface area contributed by atoms with Crippen molar-refractivity contribution >= 4 is 32.7 Å². The molecule has 0 saturated carbocycles. The normalized spacial score (nSPS) is 11.4. The first-order valence-corrected chi connectivity index (χ1v) is 15.7. The van der Waals surface area contributed by atoms with Gasteiger partial charge in [-0.15, -0.1) is 0 Å². The molecule has 9 rings (SSSR count). The number of hydrogen-bond donors (Lipinski definition) is 0. The van der Waals surface area contributed by atoms with Gasteiger partial charge in [0.15, 0.2) is 5.82 Å². The van der Waals surface area contributed by atoms with E-state index in [2.05, 4.69) is 109 Å². The third-order valence-corrected chi connectivity index (χ3v) is 8.76. The van der Waals surface area contributed by atoms with Crippen molar-refractivity contribution in [2.45, 2.75) is 0 Å².